The van der Waals surface area contributed by atoms with E-state index in [0.717, 1.165) is 0 Å². The van der Waals surface area contributed by atoms with Crippen molar-refractivity contribution in [3.8, 4) is 0 Å². The molecule has 1 saturated heterocycles. The van der Waals surface area contributed by atoms with Crippen LogP contribution in [0.2, 0.25) is 18.1 Å². The fourth-order valence-electron chi connectivity index (χ4n) is 2.47. The summed E-state index contributed by atoms with van der Waals surface area (Å²) in [5.41, 5.74) is 6.96. The molecule has 0 aromatic heterocycles. The van der Waals surface area contributed by atoms with E-state index in [4.69, 9.17) is 10.3 Å². The van der Waals surface area contributed by atoms with Crippen LogP contribution in [0.1, 0.15) is 27.7 Å². The largest absolute Gasteiger partial charge is 0.344 e. The predicted octanol–water partition coefficient (Wildman–Crippen LogP) is 2.32. The molecule has 2 aliphatic heterocycles. The van der Waals surface area contributed by atoms with Gasteiger partial charge in [0.2, 0.25) is 8.32 Å². The van der Waals surface area contributed by atoms with E-state index < -0.39 is 8.32 Å². The van der Waals surface area contributed by atoms with Gasteiger partial charge in [0, 0.05) is 13.1 Å². The second-order valence-electron chi connectivity index (χ2n) is 7.34. The fraction of sp³-hybridized carbons (Fsp3) is 0.786. The van der Waals surface area contributed by atoms with Gasteiger partial charge in [0.15, 0.2) is 0 Å². The molecule has 5 nitrogen and oxygen atoms in total. The molecule has 0 radical (unpaired) electrons. The van der Waals surface area contributed by atoms with Crippen LogP contribution in [-0.4, -0.2) is 49.5 Å². The maximum atomic E-state index is 12.6. The maximum absolute atomic E-state index is 12.6. The van der Waals surface area contributed by atoms with Crippen molar-refractivity contribution in [3.05, 3.63) is 11.6 Å². The molecular weight excluding hydrogens is 270 g/mol. The van der Waals surface area contributed by atoms with Crippen LogP contribution >= 0.6 is 0 Å². The zero-order chi connectivity index (χ0) is 15.3. The summed E-state index contributed by atoms with van der Waals surface area (Å²) in [5, 5.41) is 1.67. The first-order chi connectivity index (χ1) is 9.08. The molecule has 2 bridgehead atoms. The zero-order valence-corrected chi connectivity index (χ0v) is 14.4. The molecule has 0 aromatic carbocycles. The number of amides is 2. The molecule has 0 unspecified atom stereocenters. The van der Waals surface area contributed by atoms with Gasteiger partial charge in [-0.25, -0.2) is 9.86 Å². The van der Waals surface area contributed by atoms with Crippen LogP contribution in [0.5, 0.6) is 0 Å². The van der Waals surface area contributed by atoms with E-state index in [2.05, 4.69) is 39.9 Å². The minimum Gasteiger partial charge on any atom is -0.328 e. The van der Waals surface area contributed by atoms with E-state index in [0.29, 0.717) is 13.1 Å². The van der Waals surface area contributed by atoms with Crippen molar-refractivity contribution < 1.29 is 9.32 Å². The molecule has 2 amide bonds. The molecule has 0 aromatic rings. The number of hydrogen-bond acceptors (Lipinski definition) is 3. The van der Waals surface area contributed by atoms with Gasteiger partial charge in [0.05, 0.1) is 12.1 Å². The van der Waals surface area contributed by atoms with E-state index in [-0.39, 0.29) is 23.2 Å². The fourth-order valence-corrected chi connectivity index (χ4v) is 3.45. The molecule has 2 atom stereocenters. The molecule has 2 heterocycles. The van der Waals surface area contributed by atoms with Crippen LogP contribution in [0.25, 0.3) is 0 Å². The van der Waals surface area contributed by atoms with E-state index in [9.17, 15) is 4.79 Å². The van der Waals surface area contributed by atoms with Crippen molar-refractivity contribution in [2.45, 2.75) is 57.9 Å². The van der Waals surface area contributed by atoms with Gasteiger partial charge in [-0.2, -0.15) is 0 Å². The van der Waals surface area contributed by atoms with E-state index >= 15 is 0 Å². The summed E-state index contributed by atoms with van der Waals surface area (Å²) in [7, 11) is -2.01. The second-order valence-corrected chi connectivity index (χ2v) is 12.0. The highest BCUT2D eigenvalue weighted by Crippen LogP contribution is 2.39. The molecule has 114 valence electrons. The second kappa shape index (κ2) is 4.86. The topological polar surface area (TPSA) is 58.8 Å². The maximum Gasteiger partial charge on any atom is 0.344 e. The normalized spacial score (nSPS) is 27.1. The Morgan fingerprint density at radius 2 is 2.05 bits per heavy atom. The monoisotopic (exact) mass is 297 g/mol. The molecule has 0 saturated carbocycles. The van der Waals surface area contributed by atoms with Crippen molar-refractivity contribution >= 4 is 14.3 Å². The van der Waals surface area contributed by atoms with Crippen LogP contribution in [0.3, 0.4) is 0 Å². The predicted molar refractivity (Wildman–Crippen MR) is 82.6 cm³/mol. The van der Waals surface area contributed by atoms with Crippen LogP contribution in [-0.2, 0) is 4.53 Å². The van der Waals surface area contributed by atoms with Gasteiger partial charge >= 0.3 is 6.03 Å². The minimum absolute atomic E-state index is 0.0202. The Morgan fingerprint density at radius 3 is 2.55 bits per heavy atom. The van der Waals surface area contributed by atoms with Crippen molar-refractivity contribution in [1.82, 2.24) is 9.96 Å². The summed E-state index contributed by atoms with van der Waals surface area (Å²) in [6, 6.07) is 0.00886. The Morgan fingerprint density at radius 1 is 1.45 bits per heavy atom. The third kappa shape index (κ3) is 2.40. The number of carbonyl (C=O) groups is 1. The summed E-state index contributed by atoms with van der Waals surface area (Å²) >= 11 is 0. The molecule has 1 fully saturated rings. The number of hydroxylamine groups is 2. The number of rotatable bonds is 3. The molecule has 0 spiro atoms. The zero-order valence-electron chi connectivity index (χ0n) is 13.4. The van der Waals surface area contributed by atoms with E-state index in [1.54, 1.807) is 5.06 Å². The summed E-state index contributed by atoms with van der Waals surface area (Å²) in [6.45, 7) is 14.0. The molecular formula is C14H27N3O2Si. The first-order valence-corrected chi connectivity index (χ1v) is 10.2. The lowest BCUT2D eigenvalue weighted by atomic mass is 10.0. The van der Waals surface area contributed by atoms with Gasteiger partial charge in [0.25, 0.3) is 0 Å². The summed E-state index contributed by atoms with van der Waals surface area (Å²) < 4.78 is 6.23. The van der Waals surface area contributed by atoms with Crippen molar-refractivity contribution in [3.63, 3.8) is 0 Å². The summed E-state index contributed by atoms with van der Waals surface area (Å²) in [5.74, 6) is 0. The third-order valence-electron chi connectivity index (χ3n) is 4.83. The quantitative estimate of drug-likeness (QED) is 0.642. The van der Waals surface area contributed by atoms with Crippen LogP contribution in [0, 0.1) is 0 Å². The van der Waals surface area contributed by atoms with Crippen molar-refractivity contribution in [2.24, 2.45) is 5.73 Å². The van der Waals surface area contributed by atoms with Gasteiger partial charge in [0.1, 0.15) is 0 Å². The van der Waals surface area contributed by atoms with Crippen molar-refractivity contribution in [2.75, 3.05) is 13.1 Å². The lowest BCUT2D eigenvalue weighted by Gasteiger charge is -2.39. The molecule has 2 N–H and O–H groups in total. The lowest BCUT2D eigenvalue weighted by Crippen LogP contribution is -2.49. The van der Waals surface area contributed by atoms with Gasteiger partial charge in [-0.1, -0.05) is 32.4 Å². The average molecular weight is 297 g/mol. The van der Waals surface area contributed by atoms with E-state index in [1.807, 2.05) is 11.8 Å². The lowest BCUT2D eigenvalue weighted by molar-refractivity contribution is -0.0296. The van der Waals surface area contributed by atoms with Gasteiger partial charge in [-0.15, -0.1) is 0 Å². The number of fused-ring (bicyclic) bond motifs is 2. The van der Waals surface area contributed by atoms with Crippen LogP contribution in [0.4, 0.5) is 4.79 Å². The van der Waals surface area contributed by atoms with Crippen LogP contribution in [0.15, 0.2) is 11.6 Å². The van der Waals surface area contributed by atoms with Crippen LogP contribution < -0.4 is 5.73 Å². The Kier molecular flexibility index (Phi) is 3.77. The molecule has 0 aliphatic carbocycles. The van der Waals surface area contributed by atoms with Gasteiger partial charge in [-0.05, 0) is 25.1 Å². The highest BCUT2D eigenvalue weighted by Gasteiger charge is 2.49. The smallest absolute Gasteiger partial charge is 0.328 e. The molecule has 2 aliphatic rings. The summed E-state index contributed by atoms with van der Waals surface area (Å²) in [6.07, 6.45) is 2.13. The Hall–Kier alpha value is -0.853. The minimum atomic E-state index is -2.01. The Bertz CT molecular complexity index is 442. The highest BCUT2D eigenvalue weighted by molar-refractivity contribution is 6.74. The first kappa shape index (κ1) is 15.5. The third-order valence-corrected chi connectivity index (χ3v) is 9.10. The summed E-state index contributed by atoms with van der Waals surface area (Å²) in [4.78, 5) is 14.4. The van der Waals surface area contributed by atoms with Gasteiger partial charge in [-0.3, -0.25) is 0 Å². The SMILES string of the molecule is CC1=C[C@@H]2CN(C(=O)N2O[Si](C)(C)C(C)(C)C)[C@@H]1CN. The number of hydrogen-bond donors (Lipinski definition) is 1. The van der Waals surface area contributed by atoms with Crippen molar-refractivity contribution in [1.29, 1.82) is 0 Å². The first-order valence-electron chi connectivity index (χ1n) is 7.26. The standard InChI is InChI=1S/C14H27N3O2Si/c1-10-7-11-9-16(12(10)8-15)13(18)17(11)19-20(5,6)14(2,3)4/h7,11-12H,8-9,15H2,1-6H3/t11-,12-/m1/s1. The highest BCUT2D eigenvalue weighted by atomic mass is 28.4. The van der Waals surface area contributed by atoms with Gasteiger partial charge < -0.3 is 15.2 Å². The van der Waals surface area contributed by atoms with E-state index in [1.165, 1.54) is 5.57 Å². The average Bonchev–Trinajstić information content (AvgIpc) is 2.54. The number of nitrogens with two attached hydrogens (primary N) is 1. The molecule has 20 heavy (non-hydrogen) atoms. The number of carbonyl (C=O) groups excluding carboxylic acids is 1. The Balaban J connectivity index is 2.23. The Labute approximate surface area is 122 Å². The number of urea groups is 1. The number of nitrogens with zero attached hydrogens (tertiary/aromatic N) is 2. The molecule has 6 heteroatoms. The molecule has 2 rings (SSSR count).